The molecule has 0 bridgehead atoms. The van der Waals surface area contributed by atoms with Crippen molar-refractivity contribution in [2.24, 2.45) is 0 Å². The van der Waals surface area contributed by atoms with Gasteiger partial charge in [-0.1, -0.05) is 190 Å². The third-order valence-electron chi connectivity index (χ3n) is 7.91. The van der Waals surface area contributed by atoms with Crippen molar-refractivity contribution in [3.8, 4) is 0 Å². The fraction of sp³-hybridized carbons (Fsp3) is 0.667. The van der Waals surface area contributed by atoms with Gasteiger partial charge in [0.15, 0.2) is 0 Å². The average Bonchev–Trinajstić information content (AvgIpc) is 2.98. The van der Waals surface area contributed by atoms with Crippen LogP contribution in [0.4, 0.5) is 0 Å². The fourth-order valence-electron chi connectivity index (χ4n) is 5.47. The topological polar surface area (TPSA) is 18.5 Å². The van der Waals surface area contributed by atoms with Crippen LogP contribution in [0.1, 0.15) is 142 Å². The predicted molar refractivity (Wildman–Crippen MR) is 173 cm³/mol. The van der Waals surface area contributed by atoms with Crippen LogP contribution in [0, 0.1) is 0 Å². The lowest BCUT2D eigenvalue weighted by atomic mass is 10.1. The van der Waals surface area contributed by atoms with Gasteiger partial charge in [-0.25, -0.2) is 0 Å². The van der Waals surface area contributed by atoms with Crippen LogP contribution in [-0.4, -0.2) is 21.8 Å². The van der Waals surface area contributed by atoms with E-state index in [0.29, 0.717) is 0 Å². The van der Waals surface area contributed by atoms with Gasteiger partial charge in [-0.3, -0.25) is 0 Å². The molecule has 0 heterocycles. The Bertz CT molecular complexity index is 712. The van der Waals surface area contributed by atoms with Crippen LogP contribution in [-0.2, 0) is 8.85 Å². The minimum absolute atomic E-state index is 0.782. The average molecular weight is 553 g/mol. The third kappa shape index (κ3) is 14.7. The van der Waals surface area contributed by atoms with E-state index in [2.05, 4.69) is 74.5 Å². The predicted octanol–water partition coefficient (Wildman–Crippen LogP) is 10.1. The minimum atomic E-state index is -2.74. The van der Waals surface area contributed by atoms with E-state index < -0.39 is 8.56 Å². The molecular weight excluding hydrogens is 492 g/mol. The second-order valence-electron chi connectivity index (χ2n) is 11.4. The normalized spacial score (nSPS) is 11.7. The molecule has 2 rings (SSSR count). The number of benzene rings is 2. The molecule has 39 heavy (non-hydrogen) atoms. The van der Waals surface area contributed by atoms with E-state index in [1.54, 1.807) is 0 Å². The number of unbranched alkanes of at least 4 members (excludes halogenated alkanes) is 18. The SMILES string of the molecule is CCCCCCCCCCCCO[Si](OCCCCCCCCCCCC)(c1ccccc1)c1ccccc1. The molecule has 0 aliphatic rings. The quantitative estimate of drug-likeness (QED) is 0.0853. The lowest BCUT2D eigenvalue weighted by molar-refractivity contribution is 0.184. The molecule has 2 aromatic rings. The molecular formula is C36H60O2Si. The molecule has 0 saturated carbocycles. The molecule has 2 aromatic carbocycles. The van der Waals surface area contributed by atoms with E-state index in [1.165, 1.54) is 126 Å². The highest BCUT2D eigenvalue weighted by atomic mass is 28.4. The van der Waals surface area contributed by atoms with Gasteiger partial charge in [-0.15, -0.1) is 0 Å². The lowest BCUT2D eigenvalue weighted by Crippen LogP contribution is -2.63. The Morgan fingerprint density at radius 2 is 0.667 bits per heavy atom. The summed E-state index contributed by atoms with van der Waals surface area (Å²) in [4.78, 5) is 0. The van der Waals surface area contributed by atoms with Gasteiger partial charge in [-0.2, -0.15) is 0 Å². The van der Waals surface area contributed by atoms with Crippen LogP contribution in [0.2, 0.25) is 0 Å². The molecule has 0 fully saturated rings. The van der Waals surface area contributed by atoms with Crippen LogP contribution >= 0.6 is 0 Å². The standard InChI is InChI=1S/C36H60O2Si/c1-3-5-7-9-11-13-15-17-19-27-33-37-39(35-29-23-21-24-30-35,36-31-25-22-26-32-36)38-34-28-20-18-16-14-12-10-8-6-4-2/h21-26,29-32H,3-20,27-28,33-34H2,1-2H3. The van der Waals surface area contributed by atoms with Crippen molar-refractivity contribution in [3.05, 3.63) is 60.7 Å². The molecule has 3 heteroatoms. The van der Waals surface area contributed by atoms with Crippen molar-refractivity contribution in [2.45, 2.75) is 142 Å². The third-order valence-corrected chi connectivity index (χ3v) is 11.3. The van der Waals surface area contributed by atoms with E-state index in [4.69, 9.17) is 8.85 Å². The molecule has 0 saturated heterocycles. The van der Waals surface area contributed by atoms with Crippen molar-refractivity contribution in [3.63, 3.8) is 0 Å². The first kappa shape index (κ1) is 33.8. The first-order valence-corrected chi connectivity index (χ1v) is 18.5. The summed E-state index contributed by atoms with van der Waals surface area (Å²) in [5.74, 6) is 0. The van der Waals surface area contributed by atoms with Crippen molar-refractivity contribution >= 4 is 18.9 Å². The molecule has 220 valence electrons. The highest BCUT2D eigenvalue weighted by molar-refractivity contribution is 6.92. The van der Waals surface area contributed by atoms with Gasteiger partial charge in [0.05, 0.1) is 0 Å². The zero-order valence-corrected chi connectivity index (χ0v) is 26.6. The van der Waals surface area contributed by atoms with Gasteiger partial charge in [0.2, 0.25) is 0 Å². The molecule has 2 nitrogen and oxygen atoms in total. The molecule has 0 unspecified atom stereocenters. The number of hydrogen-bond acceptors (Lipinski definition) is 2. The molecule has 0 aliphatic heterocycles. The highest BCUT2D eigenvalue weighted by Gasteiger charge is 2.42. The van der Waals surface area contributed by atoms with Crippen LogP contribution in [0.5, 0.6) is 0 Å². The van der Waals surface area contributed by atoms with E-state index in [0.717, 1.165) is 26.1 Å². The minimum Gasteiger partial charge on any atom is -0.388 e. The first-order chi connectivity index (χ1) is 19.3. The molecule has 0 aromatic heterocycles. The van der Waals surface area contributed by atoms with Gasteiger partial charge >= 0.3 is 8.56 Å². The Morgan fingerprint density at radius 1 is 0.385 bits per heavy atom. The van der Waals surface area contributed by atoms with Crippen molar-refractivity contribution < 1.29 is 8.85 Å². The summed E-state index contributed by atoms with van der Waals surface area (Å²) >= 11 is 0. The molecule has 0 amide bonds. The molecule has 0 spiro atoms. The Labute approximate surface area is 243 Å². The van der Waals surface area contributed by atoms with Crippen LogP contribution in [0.3, 0.4) is 0 Å². The van der Waals surface area contributed by atoms with Crippen molar-refractivity contribution in [2.75, 3.05) is 13.2 Å². The zero-order valence-electron chi connectivity index (χ0n) is 25.6. The van der Waals surface area contributed by atoms with Gasteiger partial charge < -0.3 is 8.85 Å². The number of rotatable bonds is 26. The Kier molecular flexibility index (Phi) is 20.2. The first-order valence-electron chi connectivity index (χ1n) is 16.7. The molecule has 0 radical (unpaired) electrons. The van der Waals surface area contributed by atoms with E-state index in [-0.39, 0.29) is 0 Å². The van der Waals surface area contributed by atoms with Crippen LogP contribution in [0.15, 0.2) is 60.7 Å². The van der Waals surface area contributed by atoms with Crippen LogP contribution in [0.25, 0.3) is 0 Å². The van der Waals surface area contributed by atoms with Crippen molar-refractivity contribution in [1.29, 1.82) is 0 Å². The summed E-state index contributed by atoms with van der Waals surface area (Å²) in [5, 5.41) is 2.46. The maximum atomic E-state index is 6.88. The molecule has 0 aliphatic carbocycles. The highest BCUT2D eigenvalue weighted by Crippen LogP contribution is 2.16. The summed E-state index contributed by atoms with van der Waals surface area (Å²) < 4.78 is 13.8. The maximum Gasteiger partial charge on any atom is 0.407 e. The van der Waals surface area contributed by atoms with Crippen molar-refractivity contribution in [1.82, 2.24) is 0 Å². The van der Waals surface area contributed by atoms with E-state index >= 15 is 0 Å². The molecule has 0 atom stereocenters. The molecule has 0 N–H and O–H groups in total. The van der Waals surface area contributed by atoms with Gasteiger partial charge in [0.25, 0.3) is 0 Å². The smallest absolute Gasteiger partial charge is 0.388 e. The Hall–Kier alpha value is -1.42. The number of hydrogen-bond donors (Lipinski definition) is 0. The Balaban J connectivity index is 1.83. The maximum absolute atomic E-state index is 6.88. The van der Waals surface area contributed by atoms with Gasteiger partial charge in [0.1, 0.15) is 0 Å². The summed E-state index contributed by atoms with van der Waals surface area (Å²) in [7, 11) is -2.74. The second kappa shape index (κ2) is 23.3. The largest absolute Gasteiger partial charge is 0.407 e. The van der Waals surface area contributed by atoms with Gasteiger partial charge in [-0.05, 0) is 23.2 Å². The summed E-state index contributed by atoms with van der Waals surface area (Å²) in [6.07, 6.45) is 26.8. The summed E-state index contributed by atoms with van der Waals surface area (Å²) in [6, 6.07) is 21.6. The summed E-state index contributed by atoms with van der Waals surface area (Å²) in [5.41, 5.74) is 0. The van der Waals surface area contributed by atoms with E-state index in [1.807, 2.05) is 0 Å². The monoisotopic (exact) mass is 552 g/mol. The second-order valence-corrected chi connectivity index (χ2v) is 14.4. The summed E-state index contributed by atoms with van der Waals surface area (Å²) in [6.45, 7) is 6.14. The van der Waals surface area contributed by atoms with Gasteiger partial charge in [0, 0.05) is 13.2 Å². The lowest BCUT2D eigenvalue weighted by Gasteiger charge is -2.31. The fourth-order valence-corrected chi connectivity index (χ4v) is 8.68. The Morgan fingerprint density at radius 3 is 0.974 bits per heavy atom. The zero-order chi connectivity index (χ0) is 27.7. The van der Waals surface area contributed by atoms with E-state index in [9.17, 15) is 0 Å². The van der Waals surface area contributed by atoms with Crippen LogP contribution < -0.4 is 10.4 Å².